The van der Waals surface area contributed by atoms with Gasteiger partial charge in [-0.1, -0.05) is 54.2 Å². The summed E-state index contributed by atoms with van der Waals surface area (Å²) >= 11 is 3.75. The van der Waals surface area contributed by atoms with Gasteiger partial charge in [-0.25, -0.2) is 0 Å². The molecule has 0 atom stereocenters. The minimum atomic E-state index is 0.392. The minimum absolute atomic E-state index is 0.392. The zero-order valence-corrected chi connectivity index (χ0v) is 14.2. The molecule has 0 bridgehead atoms. The average molecular weight is 339 g/mol. The van der Waals surface area contributed by atoms with Gasteiger partial charge in [-0.2, -0.15) is 0 Å². The van der Waals surface area contributed by atoms with Crippen LogP contribution in [0.2, 0.25) is 0 Å². The Balaban J connectivity index is 1.94. The molecule has 0 unspecified atom stereocenters. The van der Waals surface area contributed by atoms with E-state index in [9.17, 15) is 5.11 Å². The molecular formula is C18H27BrO. The van der Waals surface area contributed by atoms with Crippen molar-refractivity contribution in [3.8, 4) is 5.75 Å². The molecule has 1 nitrogen and oxygen atoms in total. The first-order chi connectivity index (χ1) is 9.67. The molecule has 0 aliphatic heterocycles. The Bertz CT molecular complexity index is 408. The van der Waals surface area contributed by atoms with Crippen LogP contribution in [0.3, 0.4) is 0 Å². The van der Waals surface area contributed by atoms with Crippen LogP contribution >= 0.6 is 15.9 Å². The minimum Gasteiger partial charge on any atom is -0.508 e. The van der Waals surface area contributed by atoms with Gasteiger partial charge in [0, 0.05) is 5.33 Å². The summed E-state index contributed by atoms with van der Waals surface area (Å²) in [4.78, 5) is 0. The Morgan fingerprint density at radius 3 is 2.65 bits per heavy atom. The van der Waals surface area contributed by atoms with E-state index in [1.54, 1.807) is 6.07 Å². The van der Waals surface area contributed by atoms with Crippen molar-refractivity contribution in [2.24, 2.45) is 11.3 Å². The Labute approximate surface area is 131 Å². The summed E-state index contributed by atoms with van der Waals surface area (Å²) in [5.41, 5.74) is 1.67. The molecular weight excluding hydrogens is 312 g/mol. The second-order valence-corrected chi connectivity index (χ2v) is 7.13. The number of hydrogen-bond acceptors (Lipinski definition) is 1. The van der Waals surface area contributed by atoms with E-state index in [-0.39, 0.29) is 0 Å². The van der Waals surface area contributed by atoms with Crippen LogP contribution in [0, 0.1) is 11.3 Å². The Hall–Kier alpha value is -0.500. The number of benzene rings is 1. The third-order valence-electron chi connectivity index (χ3n) is 4.90. The molecule has 1 aliphatic rings. The molecule has 0 amide bonds. The summed E-state index contributed by atoms with van der Waals surface area (Å²) in [5, 5.41) is 10.7. The van der Waals surface area contributed by atoms with Crippen molar-refractivity contribution >= 4 is 15.9 Å². The summed E-state index contributed by atoms with van der Waals surface area (Å²) in [6.45, 7) is 2.29. The maximum Gasteiger partial charge on any atom is 0.115 e. The topological polar surface area (TPSA) is 20.2 Å². The van der Waals surface area contributed by atoms with Crippen molar-refractivity contribution in [3.05, 3.63) is 29.8 Å². The molecule has 0 aromatic heterocycles. The van der Waals surface area contributed by atoms with Crippen LogP contribution in [0.4, 0.5) is 0 Å². The molecule has 2 heteroatoms. The fourth-order valence-electron chi connectivity index (χ4n) is 3.53. The third-order valence-corrected chi connectivity index (χ3v) is 6.09. The number of alkyl halides is 1. The van der Waals surface area contributed by atoms with Gasteiger partial charge in [-0.15, -0.1) is 0 Å². The summed E-state index contributed by atoms with van der Waals surface area (Å²) in [6.07, 6.45) is 10.6. The van der Waals surface area contributed by atoms with Crippen LogP contribution in [0.25, 0.3) is 0 Å². The van der Waals surface area contributed by atoms with Crippen molar-refractivity contribution in [3.63, 3.8) is 0 Å². The molecule has 1 aromatic rings. The van der Waals surface area contributed by atoms with Gasteiger partial charge in [-0.05, 0) is 61.1 Å². The predicted octanol–water partition coefficient (Wildman–Crippen LogP) is 5.70. The number of halogens is 1. The monoisotopic (exact) mass is 338 g/mol. The van der Waals surface area contributed by atoms with Gasteiger partial charge < -0.3 is 5.11 Å². The van der Waals surface area contributed by atoms with Gasteiger partial charge in [-0.3, -0.25) is 0 Å². The molecule has 1 N–H and O–H groups in total. The van der Waals surface area contributed by atoms with E-state index in [1.807, 2.05) is 12.1 Å². The zero-order valence-electron chi connectivity index (χ0n) is 12.6. The fourth-order valence-corrected chi connectivity index (χ4v) is 4.29. The highest BCUT2D eigenvalue weighted by atomic mass is 79.9. The smallest absolute Gasteiger partial charge is 0.115 e. The highest BCUT2D eigenvalue weighted by molar-refractivity contribution is 9.09. The molecule has 0 heterocycles. The maximum absolute atomic E-state index is 9.63. The molecule has 0 spiro atoms. The molecule has 1 fully saturated rings. The molecule has 1 aliphatic carbocycles. The first-order valence-corrected chi connectivity index (χ1v) is 9.13. The predicted molar refractivity (Wildman–Crippen MR) is 89.5 cm³/mol. The van der Waals surface area contributed by atoms with Crippen LogP contribution in [0.15, 0.2) is 24.3 Å². The van der Waals surface area contributed by atoms with Gasteiger partial charge in [0.2, 0.25) is 0 Å². The Morgan fingerprint density at radius 1 is 1.30 bits per heavy atom. The van der Waals surface area contributed by atoms with E-state index in [0.29, 0.717) is 11.2 Å². The molecule has 1 aromatic carbocycles. The number of rotatable bonds is 6. The first-order valence-electron chi connectivity index (χ1n) is 8.01. The quantitative estimate of drug-likeness (QED) is 0.660. The van der Waals surface area contributed by atoms with E-state index in [2.05, 4.69) is 28.9 Å². The maximum atomic E-state index is 9.63. The molecule has 1 saturated carbocycles. The summed E-state index contributed by atoms with van der Waals surface area (Å²) in [6, 6.07) is 7.78. The van der Waals surface area contributed by atoms with E-state index in [0.717, 1.165) is 17.7 Å². The van der Waals surface area contributed by atoms with E-state index < -0.39 is 0 Å². The largest absolute Gasteiger partial charge is 0.508 e. The average Bonchev–Trinajstić information content (AvgIpc) is 2.47. The van der Waals surface area contributed by atoms with Gasteiger partial charge in [0.15, 0.2) is 0 Å². The highest BCUT2D eigenvalue weighted by Gasteiger charge is 2.34. The van der Waals surface area contributed by atoms with Gasteiger partial charge in [0.05, 0.1) is 0 Å². The summed E-state index contributed by atoms with van der Waals surface area (Å²) in [7, 11) is 0. The van der Waals surface area contributed by atoms with Crippen molar-refractivity contribution in [2.45, 2.75) is 58.3 Å². The van der Waals surface area contributed by atoms with E-state index in [4.69, 9.17) is 0 Å². The van der Waals surface area contributed by atoms with Crippen LogP contribution in [0.1, 0.15) is 57.4 Å². The Kier molecular flexibility index (Phi) is 5.95. The van der Waals surface area contributed by atoms with Crippen molar-refractivity contribution in [1.29, 1.82) is 0 Å². The fraction of sp³-hybridized carbons (Fsp3) is 0.667. The zero-order chi connectivity index (χ0) is 14.4. The summed E-state index contributed by atoms with van der Waals surface area (Å²) < 4.78 is 0. The third kappa shape index (κ3) is 4.25. The highest BCUT2D eigenvalue weighted by Crippen LogP contribution is 2.44. The van der Waals surface area contributed by atoms with E-state index >= 15 is 0 Å². The number of phenols is 1. The SMILES string of the molecule is CCCCC1CCC(CBr)(Cc2cccc(O)c2)CC1. The molecule has 0 radical (unpaired) electrons. The Morgan fingerprint density at radius 2 is 2.05 bits per heavy atom. The second kappa shape index (κ2) is 7.49. The summed E-state index contributed by atoms with van der Waals surface area (Å²) in [5.74, 6) is 1.34. The van der Waals surface area contributed by atoms with Crippen LogP contribution in [-0.4, -0.2) is 10.4 Å². The molecule has 112 valence electrons. The van der Waals surface area contributed by atoms with Gasteiger partial charge in [0.25, 0.3) is 0 Å². The van der Waals surface area contributed by atoms with Crippen molar-refractivity contribution in [1.82, 2.24) is 0 Å². The molecule has 20 heavy (non-hydrogen) atoms. The number of hydrogen-bond donors (Lipinski definition) is 1. The normalized spacial score (nSPS) is 26.6. The van der Waals surface area contributed by atoms with Crippen LogP contribution in [-0.2, 0) is 6.42 Å². The van der Waals surface area contributed by atoms with Crippen LogP contribution in [0.5, 0.6) is 5.75 Å². The van der Waals surface area contributed by atoms with Gasteiger partial charge >= 0.3 is 0 Å². The molecule has 2 rings (SSSR count). The number of aromatic hydroxyl groups is 1. The lowest BCUT2D eigenvalue weighted by atomic mass is 9.68. The molecule has 0 saturated heterocycles. The van der Waals surface area contributed by atoms with Crippen molar-refractivity contribution in [2.75, 3.05) is 5.33 Å². The van der Waals surface area contributed by atoms with E-state index in [1.165, 1.54) is 50.5 Å². The lowest BCUT2D eigenvalue weighted by molar-refractivity contribution is 0.168. The lowest BCUT2D eigenvalue weighted by Crippen LogP contribution is -2.31. The first kappa shape index (κ1) is 15.9. The second-order valence-electron chi connectivity index (χ2n) is 6.57. The van der Waals surface area contributed by atoms with Crippen LogP contribution < -0.4 is 0 Å². The number of unbranched alkanes of at least 4 members (excludes halogenated alkanes) is 1. The lowest BCUT2D eigenvalue weighted by Gasteiger charge is -2.39. The van der Waals surface area contributed by atoms with Crippen molar-refractivity contribution < 1.29 is 5.11 Å². The number of phenolic OH excluding ortho intramolecular Hbond substituents is 1. The standard InChI is InChI=1S/C18H27BrO/c1-2-3-5-15-8-10-18(14-19,11-9-15)13-16-6-4-7-17(20)12-16/h4,6-7,12,15,20H,2-3,5,8-11,13-14H2,1H3. The van der Waals surface area contributed by atoms with Gasteiger partial charge in [0.1, 0.15) is 5.75 Å².